The van der Waals surface area contributed by atoms with Crippen molar-refractivity contribution >= 4 is 61.3 Å². The van der Waals surface area contributed by atoms with Crippen LogP contribution in [0, 0.1) is 0 Å². The molecule has 2 aliphatic rings. The summed E-state index contributed by atoms with van der Waals surface area (Å²) in [5.41, 5.74) is 8.97. The minimum Gasteiger partial charge on any atom is -0.380 e. The zero-order valence-corrected chi connectivity index (χ0v) is 31.5. The molecule has 3 aromatic carbocycles. The monoisotopic (exact) mass is 751 g/mol. The molecule has 0 bridgehead atoms. The van der Waals surface area contributed by atoms with E-state index in [1.54, 1.807) is 6.33 Å². The summed E-state index contributed by atoms with van der Waals surface area (Å²) in [5, 5.41) is 9.83. The largest absolute Gasteiger partial charge is 0.380 e. The lowest BCUT2D eigenvalue weighted by atomic mass is 9.95. The third kappa shape index (κ3) is 5.28. The van der Waals surface area contributed by atoms with Crippen molar-refractivity contribution in [2.45, 2.75) is 76.3 Å². The zero-order chi connectivity index (χ0) is 37.5. The van der Waals surface area contributed by atoms with Crippen LogP contribution in [0.2, 0.25) is 0 Å². The predicted octanol–water partition coefficient (Wildman–Crippen LogP) is 9.01. The van der Waals surface area contributed by atoms with Gasteiger partial charge in [0, 0.05) is 59.0 Å². The maximum atomic E-state index is 5.22. The van der Waals surface area contributed by atoms with Crippen molar-refractivity contribution in [3.8, 4) is 23.0 Å². The standard InChI is InChI=1S/C44H41N13/c1-3-11-28(12-4-1)49-36-23-30(53-17-7-8-18-53)21-34-39(36)55(26-47-34)41-32-15-16-33-38(32)57-43(51-41)45-25-46-44(57)52-42(33)56-27-48-35-22-31(54-19-9-10-20-54)24-37(40(35)56)50-29-13-5-2-6-14-29/h7-10,15-29,49-50H,1-6,11-14H2. The van der Waals surface area contributed by atoms with Gasteiger partial charge in [-0.05, 0) is 86.3 Å². The van der Waals surface area contributed by atoms with E-state index in [9.17, 15) is 0 Å². The molecule has 13 nitrogen and oxygen atoms in total. The van der Waals surface area contributed by atoms with E-state index in [0.717, 1.165) is 98.4 Å². The molecule has 0 amide bonds. The molecule has 0 saturated heterocycles. The molecule has 2 aliphatic carbocycles. The Kier molecular flexibility index (Phi) is 7.35. The van der Waals surface area contributed by atoms with E-state index in [0.29, 0.717) is 23.6 Å². The van der Waals surface area contributed by atoms with E-state index in [-0.39, 0.29) is 0 Å². The molecule has 12 rings (SSSR count). The van der Waals surface area contributed by atoms with Crippen molar-refractivity contribution in [2.75, 3.05) is 10.6 Å². The number of rotatable bonds is 8. The number of hydrogen-bond donors (Lipinski definition) is 2. The van der Waals surface area contributed by atoms with Crippen molar-refractivity contribution in [1.82, 2.24) is 52.6 Å². The van der Waals surface area contributed by atoms with Crippen LogP contribution in [0.1, 0.15) is 64.2 Å². The Hall–Kier alpha value is -6.76. The number of nitrogens with one attached hydrogen (secondary N) is 2. The zero-order valence-electron chi connectivity index (χ0n) is 31.5. The summed E-state index contributed by atoms with van der Waals surface area (Å²) < 4.78 is 10.5. The number of aromatic nitrogens is 11. The number of anilines is 2. The second-order valence-corrected chi connectivity index (χ2v) is 15.8. The first-order valence-corrected chi connectivity index (χ1v) is 20.3. The number of nitrogens with zero attached hydrogens (tertiary/aromatic N) is 11. The summed E-state index contributed by atoms with van der Waals surface area (Å²) in [6, 6.07) is 22.1. The Bertz CT molecular complexity index is 2850. The van der Waals surface area contributed by atoms with Gasteiger partial charge in [0.2, 0.25) is 11.6 Å². The third-order valence-electron chi connectivity index (χ3n) is 12.2. The molecule has 7 aromatic heterocycles. The van der Waals surface area contributed by atoms with Crippen LogP contribution >= 0.6 is 0 Å². The average molecular weight is 752 g/mol. The minimum absolute atomic E-state index is 0.400. The van der Waals surface area contributed by atoms with Crippen LogP contribution in [0.3, 0.4) is 0 Å². The second-order valence-electron chi connectivity index (χ2n) is 15.8. The van der Waals surface area contributed by atoms with Crippen molar-refractivity contribution in [2.24, 2.45) is 0 Å². The third-order valence-corrected chi connectivity index (χ3v) is 12.2. The van der Waals surface area contributed by atoms with E-state index in [4.69, 9.17) is 29.9 Å². The Labute approximate surface area is 327 Å². The van der Waals surface area contributed by atoms with Gasteiger partial charge in [0.15, 0.2) is 11.6 Å². The van der Waals surface area contributed by atoms with E-state index >= 15 is 0 Å². The molecular formula is C44H41N13. The van der Waals surface area contributed by atoms with Crippen molar-refractivity contribution in [3.05, 3.63) is 104 Å². The fourth-order valence-corrected chi connectivity index (χ4v) is 9.50. The highest BCUT2D eigenvalue weighted by Gasteiger charge is 2.25. The van der Waals surface area contributed by atoms with Crippen LogP contribution in [0.5, 0.6) is 0 Å². The number of fused-ring (bicyclic) bond motifs is 2. The molecule has 0 unspecified atom stereocenters. The highest BCUT2D eigenvalue weighted by molar-refractivity contribution is 6.08. The molecule has 0 spiro atoms. The fraction of sp³-hybridized carbons (Fsp3) is 0.273. The van der Waals surface area contributed by atoms with Gasteiger partial charge in [0.25, 0.3) is 0 Å². The topological polar surface area (TPSA) is 126 Å². The predicted molar refractivity (Wildman–Crippen MR) is 224 cm³/mol. The first-order chi connectivity index (χ1) is 28.2. The summed E-state index contributed by atoms with van der Waals surface area (Å²) in [7, 11) is 0. The summed E-state index contributed by atoms with van der Waals surface area (Å²) >= 11 is 0. The summed E-state index contributed by atoms with van der Waals surface area (Å²) in [4.78, 5) is 29.8. The Morgan fingerprint density at radius 2 is 0.965 bits per heavy atom. The van der Waals surface area contributed by atoms with Gasteiger partial charge in [-0.3, -0.25) is 9.13 Å². The molecule has 2 saturated carbocycles. The molecule has 282 valence electrons. The number of hydrogen-bond acceptors (Lipinski definition) is 8. The van der Waals surface area contributed by atoms with Gasteiger partial charge in [0.05, 0.1) is 39.0 Å². The molecule has 2 fully saturated rings. The molecule has 10 aromatic rings. The van der Waals surface area contributed by atoms with Crippen molar-refractivity contribution < 1.29 is 0 Å². The normalized spacial score (nSPS) is 15.9. The Morgan fingerprint density at radius 1 is 0.509 bits per heavy atom. The molecule has 2 N–H and O–H groups in total. The summed E-state index contributed by atoms with van der Waals surface area (Å²) in [6.07, 6.45) is 25.8. The first kappa shape index (κ1) is 32.5. The summed E-state index contributed by atoms with van der Waals surface area (Å²) in [6.45, 7) is 0. The molecule has 0 radical (unpaired) electrons. The van der Waals surface area contributed by atoms with Gasteiger partial charge in [-0.2, -0.15) is 9.97 Å². The van der Waals surface area contributed by atoms with Crippen LogP contribution in [0.4, 0.5) is 11.4 Å². The van der Waals surface area contributed by atoms with E-state index in [1.165, 1.54) is 38.5 Å². The summed E-state index contributed by atoms with van der Waals surface area (Å²) in [5.74, 6) is 2.57. The first-order valence-electron chi connectivity index (χ1n) is 20.3. The SMILES string of the molecule is c1ccn(-c2cc(NC3CCCCC3)c3c(c2)ncn3-c2nc3ncnc4nc(-n5cnc6cc(-n7cccc7)cc(NC7CCCCC7)c65)c5ccc2c5n34)c1. The number of benzene rings is 2. The van der Waals surface area contributed by atoms with Gasteiger partial charge in [-0.25, -0.2) is 24.3 Å². The van der Waals surface area contributed by atoms with Crippen molar-refractivity contribution in [1.29, 1.82) is 0 Å². The quantitative estimate of drug-likeness (QED) is 0.158. The molecule has 0 aliphatic heterocycles. The highest BCUT2D eigenvalue weighted by atomic mass is 15.2. The van der Waals surface area contributed by atoms with Crippen LogP contribution < -0.4 is 10.6 Å². The van der Waals surface area contributed by atoms with Gasteiger partial charge in [-0.15, -0.1) is 0 Å². The molecular weight excluding hydrogens is 711 g/mol. The van der Waals surface area contributed by atoms with Crippen LogP contribution in [0.15, 0.2) is 104 Å². The molecule has 0 atom stereocenters. The minimum atomic E-state index is 0.400. The number of imidazole rings is 2. The van der Waals surface area contributed by atoms with E-state index in [2.05, 4.69) is 114 Å². The fourth-order valence-electron chi connectivity index (χ4n) is 9.50. The van der Waals surface area contributed by atoms with Crippen LogP contribution in [0.25, 0.3) is 72.9 Å². The smallest absolute Gasteiger partial charge is 0.240 e. The van der Waals surface area contributed by atoms with Crippen LogP contribution in [-0.2, 0) is 0 Å². The van der Waals surface area contributed by atoms with Gasteiger partial charge >= 0.3 is 0 Å². The maximum Gasteiger partial charge on any atom is 0.240 e. The van der Waals surface area contributed by atoms with Gasteiger partial charge in [-0.1, -0.05) is 38.5 Å². The van der Waals surface area contributed by atoms with Crippen molar-refractivity contribution in [3.63, 3.8) is 0 Å². The molecule has 13 heteroatoms. The highest BCUT2D eigenvalue weighted by Crippen LogP contribution is 2.39. The molecule has 7 heterocycles. The van der Waals surface area contributed by atoms with Gasteiger partial charge < -0.3 is 19.8 Å². The lowest BCUT2D eigenvalue weighted by Gasteiger charge is -2.25. The molecule has 57 heavy (non-hydrogen) atoms. The Morgan fingerprint density at radius 3 is 1.42 bits per heavy atom. The van der Waals surface area contributed by atoms with Gasteiger partial charge in [0.1, 0.15) is 19.0 Å². The maximum absolute atomic E-state index is 5.22. The van der Waals surface area contributed by atoms with Crippen LogP contribution in [-0.4, -0.2) is 64.7 Å². The van der Waals surface area contributed by atoms with E-state index in [1.807, 2.05) is 17.1 Å². The van der Waals surface area contributed by atoms with E-state index < -0.39 is 0 Å². The second kappa shape index (κ2) is 12.9. The Balaban J connectivity index is 1.06. The average Bonchev–Trinajstić information content (AvgIpc) is 4.11. The lowest BCUT2D eigenvalue weighted by Crippen LogP contribution is -2.22. The lowest BCUT2D eigenvalue weighted by molar-refractivity contribution is 0.463.